The summed E-state index contributed by atoms with van der Waals surface area (Å²) < 4.78 is 1.91. The van der Waals surface area contributed by atoms with Crippen LogP contribution < -0.4 is 11.1 Å². The molecule has 2 aromatic rings. The van der Waals surface area contributed by atoms with Crippen LogP contribution in [0.4, 0.5) is 5.13 Å². The molecule has 1 saturated heterocycles. The van der Waals surface area contributed by atoms with Crippen LogP contribution in [0.25, 0.3) is 0 Å². The molecule has 0 spiro atoms. The molecule has 7 nitrogen and oxygen atoms in total. The van der Waals surface area contributed by atoms with Gasteiger partial charge in [0.2, 0.25) is 0 Å². The van der Waals surface area contributed by atoms with E-state index in [0.29, 0.717) is 16.9 Å². The summed E-state index contributed by atoms with van der Waals surface area (Å²) in [6, 6.07) is 2.07. The van der Waals surface area contributed by atoms with Gasteiger partial charge in [0.25, 0.3) is 5.91 Å². The summed E-state index contributed by atoms with van der Waals surface area (Å²) in [4.78, 5) is 19.3. The number of rotatable bonds is 4. The van der Waals surface area contributed by atoms with E-state index in [4.69, 9.17) is 5.73 Å². The van der Waals surface area contributed by atoms with Gasteiger partial charge in [-0.05, 0) is 25.5 Å². The number of aromatic nitrogens is 3. The van der Waals surface area contributed by atoms with E-state index in [1.165, 1.54) is 16.2 Å². The normalized spacial score (nSPS) is 19.2. The zero-order valence-electron chi connectivity index (χ0n) is 12.5. The van der Waals surface area contributed by atoms with E-state index >= 15 is 0 Å². The Morgan fingerprint density at radius 3 is 3.18 bits per heavy atom. The first-order valence-electron chi connectivity index (χ1n) is 7.35. The summed E-state index contributed by atoms with van der Waals surface area (Å²) in [6.45, 7) is 2.86. The molecule has 0 radical (unpaired) electrons. The number of nitrogens with one attached hydrogen (secondary N) is 1. The first-order chi connectivity index (χ1) is 10.7. The molecule has 3 N–H and O–H groups in total. The van der Waals surface area contributed by atoms with Gasteiger partial charge in [0.15, 0.2) is 5.13 Å². The van der Waals surface area contributed by atoms with Crippen LogP contribution in [0.1, 0.15) is 34.2 Å². The average Bonchev–Trinajstić information content (AvgIpc) is 3.16. The minimum Gasteiger partial charge on any atom is -0.375 e. The number of anilines is 1. The number of likely N-dealkylation sites (tertiary alicyclic amines) is 1. The van der Waals surface area contributed by atoms with Crippen molar-refractivity contribution >= 4 is 22.4 Å². The van der Waals surface area contributed by atoms with Crippen LogP contribution in [-0.2, 0) is 6.54 Å². The molecule has 118 valence electrons. The van der Waals surface area contributed by atoms with Crippen LogP contribution in [0.15, 0.2) is 18.5 Å². The number of carbonyl (C=O) groups excluding carboxylic acids is 1. The van der Waals surface area contributed by atoms with Crippen molar-refractivity contribution in [1.82, 2.24) is 25.0 Å². The summed E-state index contributed by atoms with van der Waals surface area (Å²) in [5.41, 5.74) is 6.15. The van der Waals surface area contributed by atoms with Crippen LogP contribution in [0.5, 0.6) is 0 Å². The second-order valence-corrected chi connectivity index (χ2v) is 6.60. The molecule has 3 heterocycles. The lowest BCUT2D eigenvalue weighted by Crippen LogP contribution is -2.36. The van der Waals surface area contributed by atoms with Crippen LogP contribution in [0.2, 0.25) is 0 Å². The van der Waals surface area contributed by atoms with Crippen molar-refractivity contribution in [2.24, 2.45) is 0 Å². The van der Waals surface area contributed by atoms with E-state index in [-0.39, 0.29) is 5.91 Å². The standard InChI is InChI=1S/C14H20N6OS/c1-16-13(21)12-4-6-20(18-12)10-3-2-5-19(8-10)9-11-7-17-14(15)22-11/h4,6-7,10H,2-3,5,8-9H2,1H3,(H2,15,17)(H,16,21). The van der Waals surface area contributed by atoms with Gasteiger partial charge in [-0.3, -0.25) is 14.4 Å². The van der Waals surface area contributed by atoms with Gasteiger partial charge in [-0.25, -0.2) is 4.98 Å². The number of amides is 1. The van der Waals surface area contributed by atoms with E-state index in [1.54, 1.807) is 13.1 Å². The van der Waals surface area contributed by atoms with Gasteiger partial charge in [-0.1, -0.05) is 0 Å². The molecule has 0 aliphatic carbocycles. The van der Waals surface area contributed by atoms with Crippen molar-refractivity contribution in [3.05, 3.63) is 29.0 Å². The average molecular weight is 320 g/mol. The van der Waals surface area contributed by atoms with Crippen molar-refractivity contribution in [3.63, 3.8) is 0 Å². The Hall–Kier alpha value is -1.93. The maximum absolute atomic E-state index is 11.6. The van der Waals surface area contributed by atoms with Crippen LogP contribution >= 0.6 is 11.3 Å². The number of piperidine rings is 1. The molecule has 2 aromatic heterocycles. The Balaban J connectivity index is 1.65. The Kier molecular flexibility index (Phi) is 4.39. The third kappa shape index (κ3) is 3.28. The Bertz CT molecular complexity index is 651. The highest BCUT2D eigenvalue weighted by Crippen LogP contribution is 2.24. The number of nitrogen functional groups attached to an aromatic ring is 1. The van der Waals surface area contributed by atoms with E-state index in [1.807, 2.05) is 17.1 Å². The zero-order valence-corrected chi connectivity index (χ0v) is 13.3. The Labute approximate surface area is 133 Å². The minimum atomic E-state index is -0.147. The maximum atomic E-state index is 11.6. The molecule has 0 saturated carbocycles. The van der Waals surface area contributed by atoms with Crippen LogP contribution in [-0.4, -0.2) is 45.7 Å². The van der Waals surface area contributed by atoms with Gasteiger partial charge in [0.05, 0.1) is 6.04 Å². The van der Waals surface area contributed by atoms with Crippen LogP contribution in [0.3, 0.4) is 0 Å². The number of thiazole rings is 1. The summed E-state index contributed by atoms with van der Waals surface area (Å²) in [6.07, 6.45) is 5.94. The van der Waals surface area contributed by atoms with Gasteiger partial charge >= 0.3 is 0 Å². The molecule has 1 aliphatic heterocycles. The third-order valence-electron chi connectivity index (χ3n) is 3.87. The van der Waals surface area contributed by atoms with Crippen molar-refractivity contribution in [2.75, 3.05) is 25.9 Å². The topological polar surface area (TPSA) is 89.1 Å². The monoisotopic (exact) mass is 320 g/mol. The van der Waals surface area contributed by atoms with Crippen molar-refractivity contribution in [3.8, 4) is 0 Å². The van der Waals surface area contributed by atoms with Crippen molar-refractivity contribution in [1.29, 1.82) is 0 Å². The fraction of sp³-hybridized carbons (Fsp3) is 0.500. The molecule has 1 fully saturated rings. The molecule has 0 bridgehead atoms. The predicted octanol–water partition coefficient (Wildman–Crippen LogP) is 1.12. The summed E-state index contributed by atoms with van der Waals surface area (Å²) in [7, 11) is 1.62. The molecule has 1 atom stereocenters. The largest absolute Gasteiger partial charge is 0.375 e. The van der Waals surface area contributed by atoms with Gasteiger partial charge in [-0.2, -0.15) is 5.10 Å². The summed E-state index contributed by atoms with van der Waals surface area (Å²) in [5, 5.41) is 7.61. The third-order valence-corrected chi connectivity index (χ3v) is 4.68. The molecule has 1 aliphatic rings. The highest BCUT2D eigenvalue weighted by atomic mass is 32.1. The van der Waals surface area contributed by atoms with E-state index in [2.05, 4.69) is 20.3 Å². The first-order valence-corrected chi connectivity index (χ1v) is 8.17. The maximum Gasteiger partial charge on any atom is 0.271 e. The van der Waals surface area contributed by atoms with Crippen molar-refractivity contribution < 1.29 is 4.79 Å². The highest BCUT2D eigenvalue weighted by Gasteiger charge is 2.23. The summed E-state index contributed by atoms with van der Waals surface area (Å²) in [5.74, 6) is -0.147. The quantitative estimate of drug-likeness (QED) is 0.881. The van der Waals surface area contributed by atoms with Crippen LogP contribution in [0, 0.1) is 0 Å². The van der Waals surface area contributed by atoms with E-state index in [9.17, 15) is 4.79 Å². The predicted molar refractivity (Wildman–Crippen MR) is 85.7 cm³/mol. The van der Waals surface area contributed by atoms with Gasteiger partial charge < -0.3 is 11.1 Å². The molecule has 8 heteroatoms. The number of nitrogens with two attached hydrogens (primary N) is 1. The first kappa shape index (κ1) is 15.0. The molecule has 3 rings (SSSR count). The SMILES string of the molecule is CNC(=O)c1ccn(C2CCCN(Cc3cnc(N)s3)C2)n1. The molecule has 22 heavy (non-hydrogen) atoms. The lowest BCUT2D eigenvalue weighted by molar-refractivity contribution is 0.0955. The lowest BCUT2D eigenvalue weighted by atomic mass is 10.1. The number of nitrogens with zero attached hydrogens (tertiary/aromatic N) is 4. The number of hydrogen-bond donors (Lipinski definition) is 2. The Morgan fingerprint density at radius 1 is 1.59 bits per heavy atom. The van der Waals surface area contributed by atoms with Gasteiger partial charge in [0, 0.05) is 37.4 Å². The fourth-order valence-corrected chi connectivity index (χ4v) is 3.52. The van der Waals surface area contributed by atoms with E-state index in [0.717, 1.165) is 32.5 Å². The molecule has 0 aromatic carbocycles. The molecular formula is C14H20N6OS. The number of carbonyl (C=O) groups is 1. The fourth-order valence-electron chi connectivity index (χ4n) is 2.80. The second kappa shape index (κ2) is 6.45. The minimum absolute atomic E-state index is 0.147. The molecule has 1 unspecified atom stereocenters. The summed E-state index contributed by atoms with van der Waals surface area (Å²) >= 11 is 1.54. The van der Waals surface area contributed by atoms with Gasteiger partial charge in [-0.15, -0.1) is 11.3 Å². The van der Waals surface area contributed by atoms with E-state index < -0.39 is 0 Å². The zero-order chi connectivity index (χ0) is 15.5. The highest BCUT2D eigenvalue weighted by molar-refractivity contribution is 7.15. The molecular weight excluding hydrogens is 300 g/mol. The van der Waals surface area contributed by atoms with Gasteiger partial charge in [0.1, 0.15) is 5.69 Å². The molecule has 1 amide bonds. The Morgan fingerprint density at radius 2 is 2.45 bits per heavy atom. The lowest BCUT2D eigenvalue weighted by Gasteiger charge is -2.32. The number of hydrogen-bond acceptors (Lipinski definition) is 6. The smallest absolute Gasteiger partial charge is 0.271 e. The second-order valence-electron chi connectivity index (χ2n) is 5.46. The van der Waals surface area contributed by atoms with Crippen molar-refractivity contribution in [2.45, 2.75) is 25.4 Å².